The molecule has 3 N–H and O–H groups in total. The van der Waals surface area contributed by atoms with Gasteiger partial charge in [-0.15, -0.1) is 0 Å². The number of alkyl halides is 3. The number of rotatable bonds is 5. The maximum atomic E-state index is 11.9. The Labute approximate surface area is 119 Å². The van der Waals surface area contributed by atoms with Crippen molar-refractivity contribution in [1.29, 1.82) is 0 Å². The predicted molar refractivity (Wildman–Crippen MR) is 70.4 cm³/mol. The fourth-order valence-electron chi connectivity index (χ4n) is 1.60. The number of amides is 2. The highest BCUT2D eigenvalue weighted by molar-refractivity contribution is 6.00. The molecule has 2 amide bonds. The van der Waals surface area contributed by atoms with Crippen LogP contribution in [0.5, 0.6) is 0 Å². The Morgan fingerprint density at radius 1 is 1.29 bits per heavy atom. The largest absolute Gasteiger partial charge is 0.478 e. The maximum absolute atomic E-state index is 11.9. The average molecular weight is 304 g/mol. The van der Waals surface area contributed by atoms with E-state index in [0.717, 1.165) is 0 Å². The Hall–Kier alpha value is -2.25. The lowest BCUT2D eigenvalue weighted by Crippen LogP contribution is -2.30. The summed E-state index contributed by atoms with van der Waals surface area (Å²) in [7, 11) is 0. The van der Waals surface area contributed by atoms with Gasteiger partial charge in [0.15, 0.2) is 0 Å². The molecule has 0 aliphatic carbocycles. The Morgan fingerprint density at radius 2 is 1.95 bits per heavy atom. The Bertz CT molecular complexity index is 530. The number of hydrogen-bond acceptors (Lipinski definition) is 2. The Kier molecular flexibility index (Phi) is 5.57. The molecule has 0 spiro atoms. The van der Waals surface area contributed by atoms with Crippen LogP contribution in [0.3, 0.4) is 0 Å². The van der Waals surface area contributed by atoms with E-state index in [2.05, 4.69) is 10.6 Å². The van der Waals surface area contributed by atoms with Gasteiger partial charge in [-0.3, -0.25) is 0 Å². The molecule has 1 aromatic carbocycles. The highest BCUT2D eigenvalue weighted by Gasteiger charge is 2.26. The molecule has 0 heterocycles. The van der Waals surface area contributed by atoms with Gasteiger partial charge in [0.1, 0.15) is 0 Å². The van der Waals surface area contributed by atoms with Gasteiger partial charge in [0.25, 0.3) is 0 Å². The fourth-order valence-corrected chi connectivity index (χ4v) is 1.60. The Balaban J connectivity index is 2.54. The van der Waals surface area contributed by atoms with Crippen LogP contribution >= 0.6 is 0 Å². The number of urea groups is 1. The molecule has 1 aromatic rings. The number of nitrogens with one attached hydrogen (secondary N) is 2. The normalized spacial score (nSPS) is 11.0. The lowest BCUT2D eigenvalue weighted by atomic mass is 10.1. The highest BCUT2D eigenvalue weighted by Crippen LogP contribution is 2.21. The monoisotopic (exact) mass is 304 g/mol. The standard InChI is InChI=1S/C13H15F3N2O3/c1-8-3-4-10(9(7-8)11(19)20)18-12(21)17-6-2-5-13(14,15)16/h3-4,7H,2,5-6H2,1H3,(H,19,20)(H2,17,18,21). The SMILES string of the molecule is Cc1ccc(NC(=O)NCCCC(F)(F)F)c(C(=O)O)c1. The van der Waals surface area contributed by atoms with Gasteiger partial charge in [0.2, 0.25) is 0 Å². The molecule has 1 rings (SSSR count). The van der Waals surface area contributed by atoms with Crippen LogP contribution < -0.4 is 10.6 Å². The maximum Gasteiger partial charge on any atom is 0.389 e. The molecular weight excluding hydrogens is 289 g/mol. The third kappa shape index (κ3) is 6.15. The third-order valence-corrected chi connectivity index (χ3v) is 2.58. The molecule has 0 atom stereocenters. The summed E-state index contributed by atoms with van der Waals surface area (Å²) in [5.41, 5.74) is 0.713. The van der Waals surface area contributed by atoms with Crippen molar-refractivity contribution in [2.24, 2.45) is 0 Å². The summed E-state index contributed by atoms with van der Waals surface area (Å²) in [5.74, 6) is -1.20. The van der Waals surface area contributed by atoms with Crippen LogP contribution in [-0.4, -0.2) is 29.8 Å². The summed E-state index contributed by atoms with van der Waals surface area (Å²) in [6.45, 7) is 1.55. The first kappa shape index (κ1) is 16.8. The van der Waals surface area contributed by atoms with Crippen LogP contribution in [-0.2, 0) is 0 Å². The van der Waals surface area contributed by atoms with E-state index >= 15 is 0 Å². The Morgan fingerprint density at radius 3 is 2.52 bits per heavy atom. The molecule has 21 heavy (non-hydrogen) atoms. The molecule has 116 valence electrons. The fraction of sp³-hybridized carbons (Fsp3) is 0.385. The van der Waals surface area contributed by atoms with Gasteiger partial charge < -0.3 is 15.7 Å². The number of carboxylic acid groups (broad SMARTS) is 1. The molecule has 5 nitrogen and oxygen atoms in total. The van der Waals surface area contributed by atoms with E-state index in [9.17, 15) is 22.8 Å². The van der Waals surface area contributed by atoms with Crippen LogP contribution in [0.15, 0.2) is 18.2 Å². The van der Waals surface area contributed by atoms with Crippen molar-refractivity contribution in [2.45, 2.75) is 25.9 Å². The molecule has 0 saturated heterocycles. The minimum atomic E-state index is -4.26. The number of aryl methyl sites for hydroxylation is 1. The zero-order valence-corrected chi connectivity index (χ0v) is 11.3. The number of aromatic carboxylic acids is 1. The van der Waals surface area contributed by atoms with Crippen LogP contribution in [0.1, 0.15) is 28.8 Å². The molecular formula is C13H15F3N2O3. The lowest BCUT2D eigenvalue weighted by molar-refractivity contribution is -0.135. The lowest BCUT2D eigenvalue weighted by Gasteiger charge is -2.11. The van der Waals surface area contributed by atoms with Gasteiger partial charge in [-0.05, 0) is 25.5 Å². The minimum absolute atomic E-state index is 0.0829. The van der Waals surface area contributed by atoms with Gasteiger partial charge in [-0.2, -0.15) is 13.2 Å². The van der Waals surface area contributed by atoms with Crippen molar-refractivity contribution >= 4 is 17.7 Å². The second-order valence-corrected chi connectivity index (χ2v) is 4.45. The van der Waals surface area contributed by atoms with Crippen molar-refractivity contribution in [1.82, 2.24) is 5.32 Å². The van der Waals surface area contributed by atoms with Crippen molar-refractivity contribution in [2.75, 3.05) is 11.9 Å². The van der Waals surface area contributed by atoms with Crippen molar-refractivity contribution in [3.05, 3.63) is 29.3 Å². The van der Waals surface area contributed by atoms with Gasteiger partial charge in [0.05, 0.1) is 11.3 Å². The number of anilines is 1. The number of hydrogen-bond donors (Lipinski definition) is 3. The van der Waals surface area contributed by atoms with E-state index in [1.54, 1.807) is 13.0 Å². The zero-order chi connectivity index (χ0) is 16.0. The van der Waals surface area contributed by atoms with Gasteiger partial charge >= 0.3 is 18.2 Å². The van der Waals surface area contributed by atoms with E-state index in [1.165, 1.54) is 12.1 Å². The molecule has 8 heteroatoms. The van der Waals surface area contributed by atoms with E-state index in [4.69, 9.17) is 5.11 Å². The second-order valence-electron chi connectivity index (χ2n) is 4.45. The molecule has 0 fully saturated rings. The third-order valence-electron chi connectivity index (χ3n) is 2.58. The summed E-state index contributed by atoms with van der Waals surface area (Å²) >= 11 is 0. The van der Waals surface area contributed by atoms with E-state index in [0.29, 0.717) is 5.56 Å². The number of carbonyl (C=O) groups excluding carboxylic acids is 1. The first-order valence-corrected chi connectivity index (χ1v) is 6.14. The van der Waals surface area contributed by atoms with Gasteiger partial charge in [-0.25, -0.2) is 9.59 Å². The molecule has 0 radical (unpaired) electrons. The van der Waals surface area contributed by atoms with Gasteiger partial charge in [0, 0.05) is 13.0 Å². The topological polar surface area (TPSA) is 78.4 Å². The van der Waals surface area contributed by atoms with E-state index in [-0.39, 0.29) is 24.2 Å². The molecule has 0 saturated carbocycles. The van der Waals surface area contributed by atoms with Crippen molar-refractivity contribution in [3.8, 4) is 0 Å². The molecule has 0 aromatic heterocycles. The zero-order valence-electron chi connectivity index (χ0n) is 11.3. The van der Waals surface area contributed by atoms with E-state index in [1.807, 2.05) is 0 Å². The van der Waals surface area contributed by atoms with Crippen LogP contribution in [0.2, 0.25) is 0 Å². The first-order chi connectivity index (χ1) is 9.69. The quantitative estimate of drug-likeness (QED) is 0.731. The predicted octanol–water partition coefficient (Wildman–Crippen LogP) is 3.16. The van der Waals surface area contributed by atoms with Crippen LogP contribution in [0.4, 0.5) is 23.7 Å². The molecule has 0 bridgehead atoms. The van der Waals surface area contributed by atoms with Crippen LogP contribution in [0, 0.1) is 6.92 Å². The summed E-state index contributed by atoms with van der Waals surface area (Å²) in [6.07, 6.45) is -5.49. The minimum Gasteiger partial charge on any atom is -0.478 e. The smallest absolute Gasteiger partial charge is 0.389 e. The molecule has 0 unspecified atom stereocenters. The van der Waals surface area contributed by atoms with Crippen LogP contribution in [0.25, 0.3) is 0 Å². The summed E-state index contributed by atoms with van der Waals surface area (Å²) in [6, 6.07) is 3.69. The first-order valence-electron chi connectivity index (χ1n) is 6.14. The molecule has 0 aliphatic rings. The van der Waals surface area contributed by atoms with Crippen molar-refractivity contribution in [3.63, 3.8) is 0 Å². The van der Waals surface area contributed by atoms with Crippen molar-refractivity contribution < 1.29 is 27.9 Å². The highest BCUT2D eigenvalue weighted by atomic mass is 19.4. The van der Waals surface area contributed by atoms with Gasteiger partial charge in [-0.1, -0.05) is 11.6 Å². The summed E-state index contributed by atoms with van der Waals surface area (Å²) < 4.78 is 35.7. The van der Waals surface area contributed by atoms with E-state index < -0.39 is 24.6 Å². The summed E-state index contributed by atoms with van der Waals surface area (Å²) in [4.78, 5) is 22.5. The summed E-state index contributed by atoms with van der Waals surface area (Å²) in [5, 5.41) is 13.6. The number of carbonyl (C=O) groups is 2. The average Bonchev–Trinajstić information content (AvgIpc) is 2.35. The number of halogens is 3. The number of benzene rings is 1. The number of carboxylic acids is 1. The molecule has 0 aliphatic heterocycles. The second kappa shape index (κ2) is 6.96.